The van der Waals surface area contributed by atoms with Gasteiger partial charge in [0.1, 0.15) is 17.5 Å². The summed E-state index contributed by atoms with van der Waals surface area (Å²) in [6.45, 7) is -2.18. The van der Waals surface area contributed by atoms with E-state index in [0.717, 1.165) is 6.92 Å². The van der Waals surface area contributed by atoms with Crippen LogP contribution in [0.2, 0.25) is 0 Å². The molecule has 0 aliphatic heterocycles. The van der Waals surface area contributed by atoms with Crippen LogP contribution in [0.25, 0.3) is 0 Å². The Kier molecular flexibility index (Phi) is 5.77. The Bertz CT molecular complexity index is 1070. The fourth-order valence-corrected chi connectivity index (χ4v) is 3.11. The molecule has 0 spiro atoms. The highest BCUT2D eigenvalue weighted by Crippen LogP contribution is 2.19. The minimum absolute atomic E-state index is 0.284. The zero-order valence-corrected chi connectivity index (χ0v) is 15.0. The van der Waals surface area contributed by atoms with E-state index >= 15 is 0 Å². The Labute approximate surface area is 167 Å². The standard InChI is InChI=1S/C19H6BF11/c1-5-2-6(21)11(17(29)14(5)26)20(12-7(22)3-9(24)15(27)18(12)30)13-8(23)4-10(25)16(28)19(13)31/h2-4H,1H3. The Hall–Kier alpha value is -3.05. The van der Waals surface area contributed by atoms with Gasteiger partial charge < -0.3 is 0 Å². The van der Waals surface area contributed by atoms with Crippen molar-refractivity contribution in [2.75, 3.05) is 0 Å². The first-order chi connectivity index (χ1) is 14.4. The Morgan fingerprint density at radius 1 is 0.419 bits per heavy atom. The monoisotopic (exact) mass is 454 g/mol. The van der Waals surface area contributed by atoms with Gasteiger partial charge >= 0.3 is 0 Å². The fourth-order valence-electron chi connectivity index (χ4n) is 3.11. The van der Waals surface area contributed by atoms with E-state index in [0.29, 0.717) is 0 Å². The minimum atomic E-state index is -3.06. The van der Waals surface area contributed by atoms with Crippen molar-refractivity contribution in [3.8, 4) is 0 Å². The summed E-state index contributed by atoms with van der Waals surface area (Å²) in [4.78, 5) is 0. The van der Waals surface area contributed by atoms with E-state index in [1.165, 1.54) is 0 Å². The molecule has 0 aliphatic carbocycles. The van der Waals surface area contributed by atoms with E-state index in [1.54, 1.807) is 0 Å². The molecule has 0 aromatic heterocycles. The lowest BCUT2D eigenvalue weighted by Gasteiger charge is -2.21. The first kappa shape index (κ1) is 22.6. The smallest absolute Gasteiger partial charge is 0.207 e. The third-order valence-corrected chi connectivity index (χ3v) is 4.54. The predicted octanol–water partition coefficient (Wildman–Crippen LogP) is 4.04. The van der Waals surface area contributed by atoms with Gasteiger partial charge in [0.15, 0.2) is 46.5 Å². The maximum atomic E-state index is 14.6. The molecule has 0 aliphatic rings. The van der Waals surface area contributed by atoms with Crippen LogP contribution >= 0.6 is 0 Å². The first-order valence-electron chi connectivity index (χ1n) is 8.18. The molecule has 0 heterocycles. The van der Waals surface area contributed by atoms with E-state index in [-0.39, 0.29) is 18.2 Å². The van der Waals surface area contributed by atoms with Crippen LogP contribution in [0, 0.1) is 70.9 Å². The number of rotatable bonds is 3. The summed E-state index contributed by atoms with van der Waals surface area (Å²) < 4.78 is 155. The van der Waals surface area contributed by atoms with Crippen molar-refractivity contribution in [1.82, 2.24) is 0 Å². The summed E-state index contributed by atoms with van der Waals surface area (Å²) in [7, 11) is 0. The van der Waals surface area contributed by atoms with Gasteiger partial charge in [-0.05, 0) is 18.6 Å². The molecule has 0 N–H and O–H groups in total. The lowest BCUT2D eigenvalue weighted by molar-refractivity contribution is 0.438. The molecule has 3 rings (SSSR count). The van der Waals surface area contributed by atoms with Crippen molar-refractivity contribution in [3.63, 3.8) is 0 Å². The number of hydrogen-bond acceptors (Lipinski definition) is 0. The molecule has 12 heteroatoms. The first-order valence-corrected chi connectivity index (χ1v) is 8.18. The minimum Gasteiger partial charge on any atom is -0.207 e. The van der Waals surface area contributed by atoms with Gasteiger partial charge in [-0.3, -0.25) is 0 Å². The van der Waals surface area contributed by atoms with E-state index in [2.05, 4.69) is 0 Å². The van der Waals surface area contributed by atoms with Crippen LogP contribution < -0.4 is 16.4 Å². The van der Waals surface area contributed by atoms with Gasteiger partial charge in [-0.1, -0.05) is 0 Å². The molecule has 0 fully saturated rings. The second-order valence-electron chi connectivity index (χ2n) is 6.41. The van der Waals surface area contributed by atoms with Gasteiger partial charge in [0.25, 0.3) is 6.71 Å². The number of halogens is 11. The van der Waals surface area contributed by atoms with Crippen LogP contribution in [-0.2, 0) is 0 Å². The Balaban J connectivity index is 2.56. The topological polar surface area (TPSA) is 0 Å². The molecular weight excluding hydrogens is 448 g/mol. The van der Waals surface area contributed by atoms with Gasteiger partial charge in [-0.2, -0.15) is 0 Å². The van der Waals surface area contributed by atoms with Gasteiger partial charge in [0.2, 0.25) is 0 Å². The summed E-state index contributed by atoms with van der Waals surface area (Å²) in [6, 6.07) is -0.334. The quantitative estimate of drug-likeness (QED) is 0.243. The highest BCUT2D eigenvalue weighted by Gasteiger charge is 2.41. The molecule has 3 aromatic carbocycles. The zero-order chi connectivity index (χ0) is 23.4. The Morgan fingerprint density at radius 2 is 0.742 bits per heavy atom. The molecule has 0 bridgehead atoms. The summed E-state index contributed by atoms with van der Waals surface area (Å²) in [6.07, 6.45) is 0. The molecule has 0 radical (unpaired) electrons. The summed E-state index contributed by atoms with van der Waals surface area (Å²) in [5, 5.41) is 0. The molecule has 0 saturated carbocycles. The highest BCUT2D eigenvalue weighted by molar-refractivity contribution is 6.95. The van der Waals surface area contributed by atoms with Crippen LogP contribution in [0.1, 0.15) is 5.56 Å². The largest absolute Gasteiger partial charge is 0.264 e. The maximum Gasteiger partial charge on any atom is 0.264 e. The molecule has 0 unspecified atom stereocenters. The van der Waals surface area contributed by atoms with Crippen LogP contribution in [0.4, 0.5) is 48.3 Å². The van der Waals surface area contributed by atoms with Gasteiger partial charge in [0, 0.05) is 28.5 Å². The van der Waals surface area contributed by atoms with Crippen LogP contribution in [0.3, 0.4) is 0 Å². The molecule has 3 aromatic rings. The molecule has 0 nitrogen and oxygen atoms in total. The molecule has 0 saturated heterocycles. The van der Waals surface area contributed by atoms with Crippen LogP contribution in [-0.4, -0.2) is 6.71 Å². The number of hydrogen-bond donors (Lipinski definition) is 0. The van der Waals surface area contributed by atoms with Crippen molar-refractivity contribution in [2.24, 2.45) is 0 Å². The third kappa shape index (κ3) is 3.53. The van der Waals surface area contributed by atoms with Crippen molar-refractivity contribution in [1.29, 1.82) is 0 Å². The van der Waals surface area contributed by atoms with Crippen molar-refractivity contribution in [3.05, 3.63) is 87.8 Å². The second-order valence-corrected chi connectivity index (χ2v) is 6.41. The van der Waals surface area contributed by atoms with Crippen molar-refractivity contribution >= 4 is 23.1 Å². The lowest BCUT2D eigenvalue weighted by Crippen LogP contribution is -2.59. The predicted molar refractivity (Wildman–Crippen MR) is 88.3 cm³/mol. The zero-order valence-electron chi connectivity index (χ0n) is 15.0. The molecular formula is C19H6BF11. The SMILES string of the molecule is Cc1cc(F)c(B(c2c(F)cc(F)c(F)c2F)c2c(F)cc(F)c(F)c2F)c(F)c1F. The number of aryl methyl sites for hydroxylation is 1. The Morgan fingerprint density at radius 3 is 1.13 bits per heavy atom. The third-order valence-electron chi connectivity index (χ3n) is 4.54. The van der Waals surface area contributed by atoms with Gasteiger partial charge in [-0.15, -0.1) is 0 Å². The number of benzene rings is 3. The average molecular weight is 454 g/mol. The van der Waals surface area contributed by atoms with E-state index in [4.69, 9.17) is 0 Å². The van der Waals surface area contributed by atoms with Crippen molar-refractivity contribution in [2.45, 2.75) is 6.92 Å². The molecule has 0 amide bonds. The fraction of sp³-hybridized carbons (Fsp3) is 0.0526. The van der Waals surface area contributed by atoms with E-state index < -0.39 is 92.7 Å². The maximum absolute atomic E-state index is 14.6. The van der Waals surface area contributed by atoms with Crippen LogP contribution in [0.15, 0.2) is 18.2 Å². The van der Waals surface area contributed by atoms with E-state index in [1.807, 2.05) is 0 Å². The average Bonchev–Trinajstić information content (AvgIpc) is 2.68. The molecule has 31 heavy (non-hydrogen) atoms. The summed E-state index contributed by atoms with van der Waals surface area (Å²) in [5.41, 5.74) is -6.17. The lowest BCUT2D eigenvalue weighted by atomic mass is 9.36. The summed E-state index contributed by atoms with van der Waals surface area (Å²) >= 11 is 0. The van der Waals surface area contributed by atoms with Gasteiger partial charge in [0.05, 0.1) is 0 Å². The highest BCUT2D eigenvalue weighted by atomic mass is 19.2. The van der Waals surface area contributed by atoms with Crippen molar-refractivity contribution < 1.29 is 48.3 Å². The molecule has 162 valence electrons. The second kappa shape index (κ2) is 7.90. The molecule has 0 atom stereocenters. The normalized spacial score (nSPS) is 11.2. The van der Waals surface area contributed by atoms with Gasteiger partial charge in [-0.25, -0.2) is 48.3 Å². The summed E-state index contributed by atoms with van der Waals surface area (Å²) in [5.74, 6) is -24.0. The van der Waals surface area contributed by atoms with E-state index in [9.17, 15) is 48.3 Å². The van der Waals surface area contributed by atoms with Crippen LogP contribution in [0.5, 0.6) is 0 Å².